The number of piperidine rings is 2. The van der Waals surface area contributed by atoms with Crippen LogP contribution in [0.3, 0.4) is 0 Å². The lowest BCUT2D eigenvalue weighted by Crippen LogP contribution is -2.47. The van der Waals surface area contributed by atoms with Crippen LogP contribution in [0.25, 0.3) is 0 Å². The SMILES string of the molecule is Nc1cc(CN2CCC(C(=O)N3CCC(Nc4ccc(F)cc4Nc4cnccn4)CC3)CC2)ccn1. The maximum Gasteiger partial charge on any atom is 0.225 e. The fraction of sp³-hybridized carbons (Fsp3) is 0.407. The van der Waals surface area contributed by atoms with Gasteiger partial charge in [0.1, 0.15) is 17.5 Å². The summed E-state index contributed by atoms with van der Waals surface area (Å²) < 4.78 is 13.9. The normalized spacial score (nSPS) is 17.5. The summed E-state index contributed by atoms with van der Waals surface area (Å²) in [5.74, 6) is 1.12. The summed E-state index contributed by atoms with van der Waals surface area (Å²) in [5.41, 5.74) is 8.37. The smallest absolute Gasteiger partial charge is 0.225 e. The monoisotopic (exact) mass is 504 g/mol. The first kappa shape index (κ1) is 24.9. The third-order valence-corrected chi connectivity index (χ3v) is 7.16. The molecule has 0 radical (unpaired) electrons. The van der Waals surface area contributed by atoms with E-state index in [0.717, 1.165) is 69.7 Å². The minimum atomic E-state index is -0.326. The molecule has 2 aliphatic rings. The van der Waals surface area contributed by atoms with Gasteiger partial charge < -0.3 is 21.3 Å². The number of hydrogen-bond acceptors (Lipinski definition) is 8. The number of benzene rings is 1. The number of rotatable bonds is 7. The number of pyridine rings is 1. The van der Waals surface area contributed by atoms with Crippen molar-refractivity contribution in [3.05, 3.63) is 66.5 Å². The van der Waals surface area contributed by atoms with E-state index in [2.05, 4.69) is 30.5 Å². The molecule has 1 aromatic carbocycles. The molecule has 0 saturated carbocycles. The lowest BCUT2D eigenvalue weighted by atomic mass is 9.93. The molecule has 194 valence electrons. The number of nitrogens with zero attached hydrogens (tertiary/aromatic N) is 5. The number of hydrogen-bond donors (Lipinski definition) is 3. The second-order valence-electron chi connectivity index (χ2n) is 9.79. The van der Waals surface area contributed by atoms with Gasteiger partial charge in [-0.2, -0.15) is 0 Å². The molecule has 0 unspecified atom stereocenters. The van der Waals surface area contributed by atoms with Gasteiger partial charge in [-0.1, -0.05) is 0 Å². The molecule has 2 aliphatic heterocycles. The van der Waals surface area contributed by atoms with Crippen molar-refractivity contribution in [3.63, 3.8) is 0 Å². The Hall–Kier alpha value is -3.79. The Labute approximate surface area is 216 Å². The maximum atomic E-state index is 13.9. The Morgan fingerprint density at radius 3 is 2.51 bits per heavy atom. The Balaban J connectivity index is 1.10. The van der Waals surface area contributed by atoms with E-state index in [9.17, 15) is 9.18 Å². The number of nitrogen functional groups attached to an aromatic ring is 1. The number of halogens is 1. The molecule has 9 nitrogen and oxygen atoms in total. The van der Waals surface area contributed by atoms with Gasteiger partial charge in [-0.25, -0.2) is 14.4 Å². The number of anilines is 4. The average molecular weight is 505 g/mol. The highest BCUT2D eigenvalue weighted by atomic mass is 19.1. The Kier molecular flexibility index (Phi) is 7.74. The van der Waals surface area contributed by atoms with Crippen LogP contribution in [0.15, 0.2) is 55.1 Å². The number of likely N-dealkylation sites (tertiary alicyclic amines) is 2. The summed E-state index contributed by atoms with van der Waals surface area (Å²) in [4.78, 5) is 29.9. The molecule has 37 heavy (non-hydrogen) atoms. The predicted molar refractivity (Wildman–Crippen MR) is 142 cm³/mol. The molecule has 5 rings (SSSR count). The van der Waals surface area contributed by atoms with Crippen molar-refractivity contribution >= 4 is 28.9 Å². The molecule has 3 aromatic rings. The quantitative estimate of drug-likeness (QED) is 0.447. The van der Waals surface area contributed by atoms with Gasteiger partial charge in [-0.05, 0) is 74.7 Å². The van der Waals surface area contributed by atoms with Crippen LogP contribution in [0.5, 0.6) is 0 Å². The Morgan fingerprint density at radius 1 is 0.973 bits per heavy atom. The van der Waals surface area contributed by atoms with Gasteiger partial charge in [0.05, 0.1) is 17.6 Å². The van der Waals surface area contributed by atoms with Crippen molar-refractivity contribution < 1.29 is 9.18 Å². The molecule has 4 N–H and O–H groups in total. The second-order valence-corrected chi connectivity index (χ2v) is 9.79. The van der Waals surface area contributed by atoms with Crippen molar-refractivity contribution in [1.29, 1.82) is 0 Å². The zero-order valence-corrected chi connectivity index (χ0v) is 20.8. The fourth-order valence-corrected chi connectivity index (χ4v) is 5.16. The first-order chi connectivity index (χ1) is 18.0. The topological polar surface area (TPSA) is 112 Å². The molecule has 0 spiro atoms. The van der Waals surface area contributed by atoms with Gasteiger partial charge >= 0.3 is 0 Å². The molecule has 1 amide bonds. The zero-order valence-electron chi connectivity index (χ0n) is 20.8. The van der Waals surface area contributed by atoms with Gasteiger partial charge in [-0.3, -0.25) is 14.7 Å². The Bertz CT molecular complexity index is 1190. The summed E-state index contributed by atoms with van der Waals surface area (Å²) in [6.45, 7) is 4.09. The fourth-order valence-electron chi connectivity index (χ4n) is 5.16. The zero-order chi connectivity index (χ0) is 25.6. The van der Waals surface area contributed by atoms with Gasteiger partial charge in [0, 0.05) is 50.2 Å². The van der Waals surface area contributed by atoms with Crippen LogP contribution in [-0.4, -0.2) is 62.9 Å². The van der Waals surface area contributed by atoms with Crippen LogP contribution >= 0.6 is 0 Å². The van der Waals surface area contributed by atoms with Crippen LogP contribution in [0.1, 0.15) is 31.2 Å². The summed E-state index contributed by atoms with van der Waals surface area (Å²) in [6, 6.07) is 8.74. The summed E-state index contributed by atoms with van der Waals surface area (Å²) in [7, 11) is 0. The molecule has 0 bridgehead atoms. The number of nitrogens with two attached hydrogens (primary N) is 1. The molecule has 4 heterocycles. The standard InChI is InChI=1S/C27H33FN8O/c28-21-1-2-23(24(16-21)34-26-17-30-9-10-32-26)33-22-6-13-36(14-7-22)27(37)20-4-11-35(12-5-20)18-19-3-8-31-25(29)15-19/h1-3,8-10,15-17,20,22,33H,4-7,11-14,18H2,(H2,29,31)(H,32,34). The van der Waals surface area contributed by atoms with E-state index in [1.165, 1.54) is 12.1 Å². The van der Waals surface area contributed by atoms with Crippen molar-refractivity contribution in [3.8, 4) is 0 Å². The minimum Gasteiger partial charge on any atom is -0.384 e. The van der Waals surface area contributed by atoms with Gasteiger partial charge in [0.2, 0.25) is 5.91 Å². The molecule has 0 aliphatic carbocycles. The maximum absolute atomic E-state index is 13.9. The summed E-state index contributed by atoms with van der Waals surface area (Å²) in [6.07, 6.45) is 9.96. The molecule has 2 saturated heterocycles. The van der Waals surface area contributed by atoms with Crippen LogP contribution < -0.4 is 16.4 Å². The molecular formula is C27H33FN8O. The van der Waals surface area contributed by atoms with E-state index < -0.39 is 0 Å². The number of nitrogens with one attached hydrogen (secondary N) is 2. The van der Waals surface area contributed by atoms with E-state index >= 15 is 0 Å². The van der Waals surface area contributed by atoms with Gasteiger partial charge in [0.25, 0.3) is 0 Å². The highest BCUT2D eigenvalue weighted by molar-refractivity contribution is 5.79. The molecule has 2 fully saturated rings. The van der Waals surface area contributed by atoms with E-state index in [0.29, 0.717) is 17.3 Å². The van der Waals surface area contributed by atoms with Gasteiger partial charge in [0.15, 0.2) is 0 Å². The minimum absolute atomic E-state index is 0.0863. The van der Waals surface area contributed by atoms with E-state index in [-0.39, 0.29) is 23.7 Å². The van der Waals surface area contributed by atoms with E-state index in [1.54, 1.807) is 30.9 Å². The Morgan fingerprint density at radius 2 is 1.78 bits per heavy atom. The first-order valence-corrected chi connectivity index (χ1v) is 12.8. The average Bonchev–Trinajstić information content (AvgIpc) is 2.91. The van der Waals surface area contributed by atoms with Crippen molar-refractivity contribution in [2.75, 3.05) is 42.5 Å². The van der Waals surface area contributed by atoms with Crippen LogP contribution in [0.2, 0.25) is 0 Å². The number of amides is 1. The van der Waals surface area contributed by atoms with Crippen molar-refractivity contribution in [2.45, 2.75) is 38.3 Å². The third-order valence-electron chi connectivity index (χ3n) is 7.16. The van der Waals surface area contributed by atoms with Gasteiger partial charge in [-0.15, -0.1) is 0 Å². The number of carbonyl (C=O) groups is 1. The molecule has 10 heteroatoms. The van der Waals surface area contributed by atoms with Crippen LogP contribution in [0.4, 0.5) is 27.4 Å². The lowest BCUT2D eigenvalue weighted by molar-refractivity contribution is -0.138. The van der Waals surface area contributed by atoms with Crippen LogP contribution in [0, 0.1) is 11.7 Å². The summed E-state index contributed by atoms with van der Waals surface area (Å²) >= 11 is 0. The second kappa shape index (κ2) is 11.5. The molecular weight excluding hydrogens is 471 g/mol. The first-order valence-electron chi connectivity index (χ1n) is 12.8. The van der Waals surface area contributed by atoms with E-state index in [1.807, 2.05) is 17.0 Å². The summed E-state index contributed by atoms with van der Waals surface area (Å²) in [5, 5.41) is 6.67. The highest BCUT2D eigenvalue weighted by Gasteiger charge is 2.31. The molecule has 2 aromatic heterocycles. The third kappa shape index (κ3) is 6.51. The van der Waals surface area contributed by atoms with Crippen molar-refractivity contribution in [2.24, 2.45) is 5.92 Å². The van der Waals surface area contributed by atoms with Crippen molar-refractivity contribution in [1.82, 2.24) is 24.8 Å². The largest absolute Gasteiger partial charge is 0.384 e. The number of aromatic nitrogens is 3. The highest BCUT2D eigenvalue weighted by Crippen LogP contribution is 2.29. The molecule has 0 atom stereocenters. The van der Waals surface area contributed by atoms with Crippen LogP contribution in [-0.2, 0) is 11.3 Å². The number of carbonyl (C=O) groups excluding carboxylic acids is 1. The predicted octanol–water partition coefficient (Wildman–Crippen LogP) is 3.65. The lowest BCUT2D eigenvalue weighted by Gasteiger charge is -2.37. The van der Waals surface area contributed by atoms with E-state index in [4.69, 9.17) is 5.73 Å².